The summed E-state index contributed by atoms with van der Waals surface area (Å²) in [6, 6.07) is 0. The summed E-state index contributed by atoms with van der Waals surface area (Å²) < 4.78 is 0. The van der Waals surface area contributed by atoms with Gasteiger partial charge in [-0.2, -0.15) is 0 Å². The van der Waals surface area contributed by atoms with Crippen molar-refractivity contribution in [1.82, 2.24) is 0 Å². The smallest absolute Gasteiger partial charge is 0.0298 e. The molecule has 1 saturated carbocycles. The van der Waals surface area contributed by atoms with E-state index in [1.165, 1.54) is 19.3 Å². The van der Waals surface area contributed by atoms with Crippen LogP contribution in [0.15, 0.2) is 12.2 Å². The SMILES string of the molecule is CC(C)(C)C1CC2CC=CCC2C1C(C)(C)C. The zero-order chi connectivity index (χ0) is 12.8. The average Bonchev–Trinajstić information content (AvgIpc) is 2.54. The van der Waals surface area contributed by atoms with Gasteiger partial charge in [0.15, 0.2) is 0 Å². The van der Waals surface area contributed by atoms with Crippen LogP contribution in [0.3, 0.4) is 0 Å². The minimum atomic E-state index is 0.461. The van der Waals surface area contributed by atoms with E-state index in [1.54, 1.807) is 0 Å². The van der Waals surface area contributed by atoms with Crippen molar-refractivity contribution in [3.63, 3.8) is 0 Å². The van der Waals surface area contributed by atoms with E-state index < -0.39 is 0 Å². The van der Waals surface area contributed by atoms with Gasteiger partial charge in [-0.25, -0.2) is 0 Å². The molecular weight excluding hydrogens is 204 g/mol. The Balaban J connectivity index is 2.30. The van der Waals surface area contributed by atoms with E-state index in [4.69, 9.17) is 0 Å². The lowest BCUT2D eigenvalue weighted by Gasteiger charge is -2.42. The lowest BCUT2D eigenvalue weighted by atomic mass is 9.63. The van der Waals surface area contributed by atoms with Gasteiger partial charge >= 0.3 is 0 Å². The highest BCUT2D eigenvalue weighted by atomic mass is 14.6. The van der Waals surface area contributed by atoms with Crippen LogP contribution in [0.2, 0.25) is 0 Å². The summed E-state index contributed by atoms with van der Waals surface area (Å²) in [6.07, 6.45) is 8.99. The van der Waals surface area contributed by atoms with Crippen LogP contribution in [-0.4, -0.2) is 0 Å². The Bertz CT molecular complexity index is 297. The van der Waals surface area contributed by atoms with Gasteiger partial charge in [0.25, 0.3) is 0 Å². The lowest BCUT2D eigenvalue weighted by molar-refractivity contribution is 0.0677. The van der Waals surface area contributed by atoms with Crippen molar-refractivity contribution in [3.05, 3.63) is 12.2 Å². The molecule has 0 aromatic rings. The molecular formula is C17H30. The van der Waals surface area contributed by atoms with Crippen LogP contribution < -0.4 is 0 Å². The molecule has 0 N–H and O–H groups in total. The molecule has 2 aliphatic rings. The fourth-order valence-corrected chi connectivity index (χ4v) is 4.51. The fraction of sp³-hybridized carbons (Fsp3) is 0.882. The van der Waals surface area contributed by atoms with Gasteiger partial charge in [0, 0.05) is 0 Å². The Kier molecular flexibility index (Phi) is 3.21. The summed E-state index contributed by atoms with van der Waals surface area (Å²) >= 11 is 0. The van der Waals surface area contributed by atoms with Crippen molar-refractivity contribution in [3.8, 4) is 0 Å². The fourth-order valence-electron chi connectivity index (χ4n) is 4.51. The van der Waals surface area contributed by atoms with E-state index >= 15 is 0 Å². The molecule has 2 rings (SSSR count). The van der Waals surface area contributed by atoms with E-state index in [0.717, 1.165) is 23.7 Å². The Hall–Kier alpha value is -0.260. The van der Waals surface area contributed by atoms with Gasteiger partial charge in [-0.3, -0.25) is 0 Å². The zero-order valence-corrected chi connectivity index (χ0v) is 12.6. The summed E-state index contributed by atoms with van der Waals surface area (Å²) in [5.74, 6) is 3.72. The highest BCUT2D eigenvalue weighted by Crippen LogP contribution is 2.58. The van der Waals surface area contributed by atoms with Crippen LogP contribution in [-0.2, 0) is 0 Å². The molecule has 0 aliphatic heterocycles. The number of allylic oxidation sites excluding steroid dienone is 2. The van der Waals surface area contributed by atoms with Crippen molar-refractivity contribution in [1.29, 1.82) is 0 Å². The van der Waals surface area contributed by atoms with Crippen LogP contribution in [0.25, 0.3) is 0 Å². The summed E-state index contributed by atoms with van der Waals surface area (Å²) in [7, 11) is 0. The Morgan fingerprint density at radius 1 is 0.824 bits per heavy atom. The molecule has 98 valence electrons. The van der Waals surface area contributed by atoms with Crippen molar-refractivity contribution in [2.75, 3.05) is 0 Å². The molecule has 0 heterocycles. The summed E-state index contributed by atoms with van der Waals surface area (Å²) in [4.78, 5) is 0. The number of fused-ring (bicyclic) bond motifs is 1. The average molecular weight is 234 g/mol. The Labute approximate surface area is 108 Å². The first-order valence-corrected chi connectivity index (χ1v) is 7.36. The second-order valence-corrected chi connectivity index (χ2v) is 8.47. The van der Waals surface area contributed by atoms with Gasteiger partial charge in [0.2, 0.25) is 0 Å². The molecule has 0 aromatic carbocycles. The maximum Gasteiger partial charge on any atom is -0.0298 e. The van der Waals surface area contributed by atoms with E-state index in [2.05, 4.69) is 53.7 Å². The van der Waals surface area contributed by atoms with Crippen LogP contribution in [0, 0.1) is 34.5 Å². The highest BCUT2D eigenvalue weighted by Gasteiger charge is 2.51. The highest BCUT2D eigenvalue weighted by molar-refractivity contribution is 5.06. The minimum Gasteiger partial charge on any atom is -0.0882 e. The summed E-state index contributed by atoms with van der Waals surface area (Å²) in [6.45, 7) is 14.7. The number of rotatable bonds is 0. The maximum absolute atomic E-state index is 2.46. The molecule has 2 aliphatic carbocycles. The van der Waals surface area contributed by atoms with Crippen LogP contribution in [0.5, 0.6) is 0 Å². The lowest BCUT2D eigenvalue weighted by Crippen LogP contribution is -2.36. The monoisotopic (exact) mass is 234 g/mol. The third-order valence-electron chi connectivity index (χ3n) is 5.18. The molecule has 0 amide bonds. The third kappa shape index (κ3) is 2.46. The molecule has 0 aromatic heterocycles. The first-order chi connectivity index (χ1) is 7.71. The summed E-state index contributed by atoms with van der Waals surface area (Å²) in [5.41, 5.74) is 0.928. The van der Waals surface area contributed by atoms with Crippen molar-refractivity contribution in [2.24, 2.45) is 34.5 Å². The minimum absolute atomic E-state index is 0.461. The normalized spacial score (nSPS) is 38.2. The second-order valence-electron chi connectivity index (χ2n) is 8.47. The second kappa shape index (κ2) is 4.14. The molecule has 4 atom stereocenters. The first-order valence-electron chi connectivity index (χ1n) is 7.36. The van der Waals surface area contributed by atoms with Gasteiger partial charge in [0.1, 0.15) is 0 Å². The van der Waals surface area contributed by atoms with Gasteiger partial charge < -0.3 is 0 Å². The molecule has 0 radical (unpaired) electrons. The van der Waals surface area contributed by atoms with Gasteiger partial charge in [-0.15, -0.1) is 0 Å². The largest absolute Gasteiger partial charge is 0.0882 e. The molecule has 0 bridgehead atoms. The predicted octanol–water partition coefficient (Wildman–Crippen LogP) is 5.30. The summed E-state index contributed by atoms with van der Waals surface area (Å²) in [5, 5.41) is 0. The van der Waals surface area contributed by atoms with Gasteiger partial charge in [-0.05, 0) is 53.8 Å². The predicted molar refractivity (Wildman–Crippen MR) is 75.9 cm³/mol. The molecule has 0 spiro atoms. The van der Waals surface area contributed by atoms with E-state index in [9.17, 15) is 0 Å². The van der Waals surface area contributed by atoms with E-state index in [0.29, 0.717) is 10.8 Å². The maximum atomic E-state index is 2.46. The number of hydrogen-bond donors (Lipinski definition) is 0. The van der Waals surface area contributed by atoms with Crippen molar-refractivity contribution < 1.29 is 0 Å². The van der Waals surface area contributed by atoms with Crippen molar-refractivity contribution >= 4 is 0 Å². The van der Waals surface area contributed by atoms with E-state index in [-0.39, 0.29) is 0 Å². The molecule has 0 nitrogen and oxygen atoms in total. The quantitative estimate of drug-likeness (QED) is 0.499. The molecule has 1 fully saturated rings. The first kappa shape index (κ1) is 13.2. The third-order valence-corrected chi connectivity index (χ3v) is 5.18. The van der Waals surface area contributed by atoms with Gasteiger partial charge in [-0.1, -0.05) is 53.7 Å². The van der Waals surface area contributed by atoms with Crippen LogP contribution >= 0.6 is 0 Å². The molecule has 0 saturated heterocycles. The van der Waals surface area contributed by atoms with Crippen molar-refractivity contribution in [2.45, 2.75) is 60.8 Å². The Morgan fingerprint density at radius 3 is 1.94 bits per heavy atom. The van der Waals surface area contributed by atoms with Crippen LogP contribution in [0.4, 0.5) is 0 Å². The Morgan fingerprint density at radius 2 is 1.41 bits per heavy atom. The van der Waals surface area contributed by atoms with E-state index in [1.807, 2.05) is 0 Å². The van der Waals surface area contributed by atoms with Crippen LogP contribution in [0.1, 0.15) is 60.8 Å². The molecule has 4 unspecified atom stereocenters. The topological polar surface area (TPSA) is 0 Å². The number of hydrogen-bond acceptors (Lipinski definition) is 0. The molecule has 0 heteroatoms. The zero-order valence-electron chi connectivity index (χ0n) is 12.6. The standard InChI is InChI=1S/C17H30/c1-16(2,3)14-11-12-9-7-8-10-13(12)15(14)17(4,5)6/h7-8,12-15H,9-11H2,1-6H3. The van der Waals surface area contributed by atoms with Gasteiger partial charge in [0.05, 0.1) is 0 Å². The molecule has 17 heavy (non-hydrogen) atoms.